The number of halogens is 1. The summed E-state index contributed by atoms with van der Waals surface area (Å²) in [5, 5.41) is 16.0. The normalized spacial score (nSPS) is 14.6. The minimum atomic E-state index is -0.186. The molecule has 1 aromatic carbocycles. The number of anilines is 5. The molecule has 1 aliphatic rings. The Morgan fingerprint density at radius 1 is 1.12 bits per heavy atom. The first kappa shape index (κ1) is 22.3. The zero-order chi connectivity index (χ0) is 22.7. The Bertz CT molecular complexity index is 1120. The Balaban J connectivity index is 1.49. The van der Waals surface area contributed by atoms with Gasteiger partial charge in [0.25, 0.3) is 5.56 Å². The smallest absolute Gasteiger partial charge is 0.274 e. The highest BCUT2D eigenvalue weighted by molar-refractivity contribution is 9.10. The van der Waals surface area contributed by atoms with Crippen LogP contribution in [0.5, 0.6) is 0 Å². The van der Waals surface area contributed by atoms with Crippen LogP contribution in [0.15, 0.2) is 58.1 Å². The molecule has 0 aliphatic carbocycles. The predicted octanol–water partition coefficient (Wildman–Crippen LogP) is 4.43. The highest BCUT2D eigenvalue weighted by Crippen LogP contribution is 2.26. The van der Waals surface area contributed by atoms with Gasteiger partial charge in [-0.2, -0.15) is 4.98 Å². The van der Waals surface area contributed by atoms with Gasteiger partial charge in [-0.1, -0.05) is 0 Å². The summed E-state index contributed by atoms with van der Waals surface area (Å²) in [4.78, 5) is 23.8. The number of nitrogens with one attached hydrogen (secondary N) is 2. The van der Waals surface area contributed by atoms with Crippen molar-refractivity contribution in [2.45, 2.75) is 38.8 Å². The van der Waals surface area contributed by atoms with Crippen LogP contribution in [-0.4, -0.2) is 38.8 Å². The second kappa shape index (κ2) is 9.70. The molecule has 0 spiro atoms. The molecule has 0 unspecified atom stereocenters. The number of aliphatic hydroxyl groups is 1. The predicted molar refractivity (Wildman–Crippen MR) is 131 cm³/mol. The molecule has 0 amide bonds. The van der Waals surface area contributed by atoms with Crippen molar-refractivity contribution in [3.05, 3.63) is 63.6 Å². The quantitative estimate of drug-likeness (QED) is 0.462. The van der Waals surface area contributed by atoms with E-state index in [0.717, 1.165) is 37.3 Å². The molecule has 9 heteroatoms. The van der Waals surface area contributed by atoms with Gasteiger partial charge in [-0.05, 0) is 79.0 Å². The Labute approximate surface area is 195 Å². The van der Waals surface area contributed by atoms with Crippen LogP contribution in [0.25, 0.3) is 0 Å². The van der Waals surface area contributed by atoms with Gasteiger partial charge >= 0.3 is 0 Å². The summed E-state index contributed by atoms with van der Waals surface area (Å²) in [6, 6.07) is 11.7. The first-order valence-corrected chi connectivity index (χ1v) is 11.5. The maximum atomic E-state index is 12.7. The number of rotatable bonds is 6. The van der Waals surface area contributed by atoms with Crippen LogP contribution >= 0.6 is 15.9 Å². The van der Waals surface area contributed by atoms with Gasteiger partial charge in [0.1, 0.15) is 5.69 Å². The first-order chi connectivity index (χ1) is 15.4. The van der Waals surface area contributed by atoms with E-state index in [0.29, 0.717) is 21.9 Å². The third-order valence-electron chi connectivity index (χ3n) is 5.48. The molecule has 3 aromatic rings. The van der Waals surface area contributed by atoms with Crippen LogP contribution in [0.3, 0.4) is 0 Å². The van der Waals surface area contributed by atoms with E-state index in [-0.39, 0.29) is 17.7 Å². The van der Waals surface area contributed by atoms with Crippen molar-refractivity contribution in [2.75, 3.05) is 28.6 Å². The topological polar surface area (TPSA) is 95.3 Å². The summed E-state index contributed by atoms with van der Waals surface area (Å²) in [7, 11) is 0. The Hall–Kier alpha value is -2.91. The number of hydrogen-bond donors (Lipinski definition) is 3. The number of nitrogens with zero attached hydrogens (tertiary/aromatic N) is 4. The average Bonchev–Trinajstić information content (AvgIpc) is 2.78. The van der Waals surface area contributed by atoms with Crippen molar-refractivity contribution >= 4 is 44.8 Å². The van der Waals surface area contributed by atoms with Crippen molar-refractivity contribution in [3.63, 3.8) is 0 Å². The third kappa shape index (κ3) is 5.11. The van der Waals surface area contributed by atoms with Gasteiger partial charge in [-0.15, -0.1) is 0 Å². The van der Waals surface area contributed by atoms with Gasteiger partial charge in [-0.3, -0.25) is 4.79 Å². The lowest BCUT2D eigenvalue weighted by Gasteiger charge is -2.31. The number of aliphatic hydroxyl groups excluding tert-OH is 1. The highest BCUT2D eigenvalue weighted by Gasteiger charge is 2.17. The zero-order valence-corrected chi connectivity index (χ0v) is 19.7. The largest absolute Gasteiger partial charge is 0.393 e. The molecule has 3 N–H and O–H groups in total. The molecule has 1 saturated heterocycles. The van der Waals surface area contributed by atoms with Crippen molar-refractivity contribution in [3.8, 4) is 0 Å². The van der Waals surface area contributed by atoms with Gasteiger partial charge in [0, 0.05) is 42.9 Å². The Kier molecular flexibility index (Phi) is 6.76. The molecular weight excluding hydrogens is 472 g/mol. The molecule has 4 rings (SSSR count). The van der Waals surface area contributed by atoms with Crippen LogP contribution in [0.4, 0.5) is 28.8 Å². The van der Waals surface area contributed by atoms with E-state index in [1.165, 1.54) is 0 Å². The molecule has 1 aliphatic heterocycles. The van der Waals surface area contributed by atoms with Gasteiger partial charge in [0.05, 0.1) is 10.6 Å². The lowest BCUT2D eigenvalue weighted by Crippen LogP contribution is -2.35. The fraction of sp³-hybridized carbons (Fsp3) is 0.348. The van der Waals surface area contributed by atoms with E-state index in [2.05, 4.69) is 53.6 Å². The van der Waals surface area contributed by atoms with E-state index in [1.54, 1.807) is 23.0 Å². The van der Waals surface area contributed by atoms with Crippen LogP contribution < -0.4 is 21.1 Å². The number of benzene rings is 1. The Morgan fingerprint density at radius 3 is 2.53 bits per heavy atom. The lowest BCUT2D eigenvalue weighted by molar-refractivity contribution is 0.145. The van der Waals surface area contributed by atoms with Crippen molar-refractivity contribution in [1.82, 2.24) is 14.5 Å². The molecule has 1 fully saturated rings. The van der Waals surface area contributed by atoms with Gasteiger partial charge in [-0.25, -0.2) is 4.98 Å². The van der Waals surface area contributed by atoms with Crippen molar-refractivity contribution in [2.24, 2.45) is 0 Å². The molecule has 168 valence electrons. The number of pyridine rings is 1. The summed E-state index contributed by atoms with van der Waals surface area (Å²) in [5.74, 6) is 0.925. The highest BCUT2D eigenvalue weighted by atomic mass is 79.9. The summed E-state index contributed by atoms with van der Waals surface area (Å²) in [6.45, 7) is 5.65. The minimum absolute atomic E-state index is 0.0632. The average molecular weight is 499 g/mol. The number of hydrogen-bond acceptors (Lipinski definition) is 7. The van der Waals surface area contributed by atoms with E-state index in [4.69, 9.17) is 0 Å². The second-order valence-corrected chi connectivity index (χ2v) is 8.99. The SMILES string of the molecule is CC(C)n1cccc(Nc2nc(Nc3ccc(N4CCC(O)CC4)cc3)ncc2Br)c1=O. The summed E-state index contributed by atoms with van der Waals surface area (Å²) in [5.41, 5.74) is 2.33. The van der Waals surface area contributed by atoms with E-state index < -0.39 is 0 Å². The molecule has 8 nitrogen and oxygen atoms in total. The van der Waals surface area contributed by atoms with Crippen LogP contribution in [0, 0.1) is 0 Å². The molecule has 0 saturated carbocycles. The van der Waals surface area contributed by atoms with Crippen molar-refractivity contribution in [1.29, 1.82) is 0 Å². The Morgan fingerprint density at radius 2 is 1.84 bits per heavy atom. The summed E-state index contributed by atoms with van der Waals surface area (Å²) < 4.78 is 2.33. The van der Waals surface area contributed by atoms with Crippen LogP contribution in [0.2, 0.25) is 0 Å². The monoisotopic (exact) mass is 498 g/mol. The maximum absolute atomic E-state index is 12.7. The molecular formula is C23H27BrN6O2. The zero-order valence-electron chi connectivity index (χ0n) is 18.1. The van der Waals surface area contributed by atoms with Gasteiger partial charge in [0.2, 0.25) is 5.95 Å². The van der Waals surface area contributed by atoms with Gasteiger partial charge < -0.3 is 25.2 Å². The maximum Gasteiger partial charge on any atom is 0.274 e. The molecule has 0 radical (unpaired) electrons. The number of aromatic nitrogens is 3. The fourth-order valence-corrected chi connectivity index (χ4v) is 3.95. The first-order valence-electron chi connectivity index (χ1n) is 10.7. The molecule has 0 bridgehead atoms. The third-order valence-corrected chi connectivity index (χ3v) is 6.06. The molecule has 0 atom stereocenters. The lowest BCUT2D eigenvalue weighted by atomic mass is 10.1. The van der Waals surface area contributed by atoms with Crippen LogP contribution in [0.1, 0.15) is 32.7 Å². The van der Waals surface area contributed by atoms with Crippen molar-refractivity contribution < 1.29 is 5.11 Å². The molecule has 3 heterocycles. The fourth-order valence-electron chi connectivity index (χ4n) is 3.66. The second-order valence-electron chi connectivity index (χ2n) is 8.13. The molecule has 2 aromatic heterocycles. The van der Waals surface area contributed by atoms with Crippen LogP contribution in [-0.2, 0) is 0 Å². The minimum Gasteiger partial charge on any atom is -0.393 e. The molecule has 32 heavy (non-hydrogen) atoms. The van der Waals surface area contributed by atoms with Gasteiger partial charge in [0.15, 0.2) is 5.82 Å². The van der Waals surface area contributed by atoms with E-state index in [9.17, 15) is 9.90 Å². The summed E-state index contributed by atoms with van der Waals surface area (Å²) >= 11 is 3.46. The van der Waals surface area contributed by atoms with E-state index >= 15 is 0 Å². The number of piperidine rings is 1. The standard InChI is InChI=1S/C23H27BrN6O2/c1-15(2)30-11-3-4-20(22(30)32)27-21-19(24)14-25-23(28-21)26-16-5-7-17(8-6-16)29-12-9-18(31)10-13-29/h3-8,11,14-15,18,31H,9-10,12-13H2,1-2H3,(H2,25,26,27,28). The van der Waals surface area contributed by atoms with E-state index in [1.807, 2.05) is 32.0 Å². The summed E-state index contributed by atoms with van der Waals surface area (Å²) in [6.07, 6.45) is 4.83.